The summed E-state index contributed by atoms with van der Waals surface area (Å²) >= 11 is 0. The van der Waals surface area contributed by atoms with Gasteiger partial charge in [0.25, 0.3) is 0 Å². The molecule has 2 heterocycles. The van der Waals surface area contributed by atoms with Crippen molar-refractivity contribution in [2.75, 3.05) is 13.2 Å². The van der Waals surface area contributed by atoms with Crippen LogP contribution in [-0.4, -0.2) is 33.0 Å². The topological polar surface area (TPSA) is 119 Å². The van der Waals surface area contributed by atoms with Crippen molar-refractivity contribution in [1.82, 2.24) is 9.97 Å². The summed E-state index contributed by atoms with van der Waals surface area (Å²) in [5.41, 5.74) is 0.900. The largest absolute Gasteiger partial charge is 0.360 e. The Morgan fingerprint density at radius 3 is 1.46 bits per heavy atom. The van der Waals surface area contributed by atoms with E-state index in [4.69, 9.17) is 9.05 Å². The molecule has 0 aliphatic carbocycles. The molecule has 10 heteroatoms. The van der Waals surface area contributed by atoms with E-state index >= 15 is 0 Å². The third-order valence-electron chi connectivity index (χ3n) is 3.02. The number of pyridine rings is 2. The molecule has 0 saturated carbocycles. The van der Waals surface area contributed by atoms with Gasteiger partial charge in [-0.1, -0.05) is 0 Å². The summed E-state index contributed by atoms with van der Waals surface area (Å²) in [6.45, 7) is 3.47. The molecule has 0 radical (unpaired) electrons. The first-order valence-electron chi connectivity index (χ1n) is 7.18. The van der Waals surface area contributed by atoms with Crippen LogP contribution in [0.4, 0.5) is 0 Å². The minimum absolute atomic E-state index is 0.0842. The highest BCUT2D eigenvalue weighted by atomic mass is 31.2. The van der Waals surface area contributed by atoms with Gasteiger partial charge in [-0.25, -0.2) is 0 Å². The maximum Gasteiger partial charge on any atom is 0.360 e. The van der Waals surface area contributed by atoms with Crippen LogP contribution in [0.15, 0.2) is 36.7 Å². The van der Waals surface area contributed by atoms with E-state index in [0.717, 1.165) is 0 Å². The number of nitrogens with zero attached hydrogens (tertiary/aromatic N) is 2. The van der Waals surface area contributed by atoms with Crippen LogP contribution < -0.4 is 10.6 Å². The molecular weight excluding hydrogens is 354 g/mol. The van der Waals surface area contributed by atoms with Crippen molar-refractivity contribution in [3.05, 3.63) is 36.7 Å². The summed E-state index contributed by atoms with van der Waals surface area (Å²) in [7, 11) is -7.73. The molecule has 2 aromatic rings. The van der Waals surface area contributed by atoms with Gasteiger partial charge < -0.3 is 18.8 Å². The van der Waals surface area contributed by atoms with Crippen LogP contribution in [0.2, 0.25) is 0 Å². The molecule has 2 N–H and O–H groups in total. The lowest BCUT2D eigenvalue weighted by atomic mass is 10.2. The van der Waals surface area contributed by atoms with Gasteiger partial charge in [-0.3, -0.25) is 19.1 Å². The van der Waals surface area contributed by atoms with Gasteiger partial charge >= 0.3 is 15.2 Å². The van der Waals surface area contributed by atoms with Crippen molar-refractivity contribution >= 4 is 25.8 Å². The first-order valence-corrected chi connectivity index (χ1v) is 10.3. The number of hydrogen-bond donors (Lipinski definition) is 2. The maximum absolute atomic E-state index is 11.9. The highest BCUT2D eigenvalue weighted by Gasteiger charge is 2.24. The second-order valence-corrected chi connectivity index (χ2v) is 8.31. The third-order valence-corrected chi connectivity index (χ3v) is 6.07. The number of aromatic nitrogens is 2. The molecule has 130 valence electrons. The van der Waals surface area contributed by atoms with E-state index < -0.39 is 15.2 Å². The molecule has 0 aromatic carbocycles. The Morgan fingerprint density at radius 1 is 0.833 bits per heavy atom. The Bertz CT molecular complexity index is 711. The lowest BCUT2D eigenvalue weighted by molar-refractivity contribution is 0.283. The van der Waals surface area contributed by atoms with E-state index in [2.05, 4.69) is 9.97 Å². The lowest BCUT2D eigenvalue weighted by Gasteiger charge is -2.12. The van der Waals surface area contributed by atoms with Crippen LogP contribution in [-0.2, 0) is 18.2 Å². The van der Waals surface area contributed by atoms with Gasteiger partial charge in [0.2, 0.25) is 0 Å². The summed E-state index contributed by atoms with van der Waals surface area (Å²) in [4.78, 5) is 27.6. The summed E-state index contributed by atoms with van der Waals surface area (Å²) in [6.07, 6.45) is 2.50. The average Bonchev–Trinajstić information content (AvgIpc) is 2.55. The van der Waals surface area contributed by atoms with Crippen LogP contribution in [0.25, 0.3) is 11.4 Å². The molecule has 2 atom stereocenters. The number of hydrogen-bond acceptors (Lipinski definition) is 6. The average molecular weight is 372 g/mol. The van der Waals surface area contributed by atoms with Gasteiger partial charge in [-0.05, 0) is 38.1 Å². The van der Waals surface area contributed by atoms with Gasteiger partial charge in [0.15, 0.2) is 0 Å². The fraction of sp³-hybridized carbons (Fsp3) is 0.286. The normalized spacial score (nSPS) is 16.3. The maximum atomic E-state index is 11.9. The Kier molecular flexibility index (Phi) is 6.04. The molecule has 0 bridgehead atoms. The Balaban J connectivity index is 2.24. The van der Waals surface area contributed by atoms with E-state index in [1.165, 1.54) is 36.7 Å². The summed E-state index contributed by atoms with van der Waals surface area (Å²) in [5, 5.41) is 0.168. The van der Waals surface area contributed by atoms with Crippen molar-refractivity contribution in [2.45, 2.75) is 13.8 Å². The minimum atomic E-state index is -3.86. The van der Waals surface area contributed by atoms with Crippen LogP contribution in [0.1, 0.15) is 13.8 Å². The monoisotopic (exact) mass is 372 g/mol. The highest BCUT2D eigenvalue weighted by molar-refractivity contribution is 7.61. The Labute approximate surface area is 139 Å². The van der Waals surface area contributed by atoms with Gasteiger partial charge in [-0.15, -0.1) is 0 Å². The molecule has 0 amide bonds. The fourth-order valence-electron chi connectivity index (χ4n) is 1.91. The summed E-state index contributed by atoms with van der Waals surface area (Å²) < 4.78 is 33.4. The molecule has 0 aliphatic rings. The SMILES string of the molecule is CCOP(=O)(O)c1ccc(-c2ccc(P(=O)(O)OCC)cn2)nc1. The van der Waals surface area contributed by atoms with E-state index in [-0.39, 0.29) is 23.8 Å². The van der Waals surface area contributed by atoms with E-state index in [0.29, 0.717) is 11.4 Å². The summed E-state index contributed by atoms with van der Waals surface area (Å²) in [5.74, 6) is 0. The second-order valence-electron chi connectivity index (χ2n) is 4.68. The molecule has 0 fully saturated rings. The van der Waals surface area contributed by atoms with Gasteiger partial charge in [-0.2, -0.15) is 0 Å². The smallest absolute Gasteiger partial charge is 0.321 e. The van der Waals surface area contributed by atoms with E-state index in [1.54, 1.807) is 13.8 Å². The molecule has 0 saturated heterocycles. The van der Waals surface area contributed by atoms with Crippen molar-refractivity contribution in [3.8, 4) is 11.4 Å². The van der Waals surface area contributed by atoms with E-state index in [1.807, 2.05) is 0 Å². The van der Waals surface area contributed by atoms with Gasteiger partial charge in [0.05, 0.1) is 35.2 Å². The Morgan fingerprint density at radius 2 is 1.21 bits per heavy atom. The zero-order chi connectivity index (χ0) is 17.8. The van der Waals surface area contributed by atoms with Gasteiger partial charge in [0, 0.05) is 12.4 Å². The first-order chi connectivity index (χ1) is 11.3. The first kappa shape index (κ1) is 18.9. The predicted molar refractivity (Wildman–Crippen MR) is 89.6 cm³/mol. The van der Waals surface area contributed by atoms with Crippen molar-refractivity contribution in [2.24, 2.45) is 0 Å². The minimum Gasteiger partial charge on any atom is -0.321 e. The molecular formula is C14H18N2O6P2. The fourth-order valence-corrected chi connectivity index (χ4v) is 3.84. The molecule has 2 rings (SSSR count). The van der Waals surface area contributed by atoms with E-state index in [9.17, 15) is 18.9 Å². The van der Waals surface area contributed by atoms with Crippen molar-refractivity contribution in [3.63, 3.8) is 0 Å². The highest BCUT2D eigenvalue weighted by Crippen LogP contribution is 2.41. The van der Waals surface area contributed by atoms with Crippen molar-refractivity contribution in [1.29, 1.82) is 0 Å². The van der Waals surface area contributed by atoms with Crippen LogP contribution in [0.3, 0.4) is 0 Å². The van der Waals surface area contributed by atoms with Gasteiger partial charge in [0.1, 0.15) is 0 Å². The second kappa shape index (κ2) is 7.66. The molecule has 2 aromatic heterocycles. The molecule has 24 heavy (non-hydrogen) atoms. The predicted octanol–water partition coefficient (Wildman–Crippen LogP) is 1.84. The lowest BCUT2D eigenvalue weighted by Crippen LogP contribution is -2.09. The Hall–Kier alpha value is -1.40. The molecule has 2 unspecified atom stereocenters. The van der Waals surface area contributed by atoms with Crippen LogP contribution in [0, 0.1) is 0 Å². The summed E-state index contributed by atoms with van der Waals surface area (Å²) in [6, 6.07) is 5.93. The quantitative estimate of drug-likeness (QED) is 0.707. The zero-order valence-corrected chi connectivity index (χ0v) is 15.0. The third kappa shape index (κ3) is 4.36. The molecule has 8 nitrogen and oxygen atoms in total. The number of rotatable bonds is 7. The zero-order valence-electron chi connectivity index (χ0n) is 13.2. The van der Waals surface area contributed by atoms with Crippen molar-refractivity contribution < 1.29 is 28.0 Å². The van der Waals surface area contributed by atoms with Crippen LogP contribution in [0.5, 0.6) is 0 Å². The standard InChI is InChI=1S/C14H18N2O6P2/c1-3-21-23(17,18)11-5-7-13(15-9-11)14-8-6-12(10-16-14)24(19,20)22-4-2/h5-10H,3-4H2,1-2H3,(H,17,18)(H,19,20). The van der Waals surface area contributed by atoms with Crippen LogP contribution >= 0.6 is 15.2 Å². The molecule has 0 spiro atoms. The molecule has 0 aliphatic heterocycles.